The van der Waals surface area contributed by atoms with Crippen molar-refractivity contribution < 1.29 is 35.9 Å². The van der Waals surface area contributed by atoms with Gasteiger partial charge in [0.05, 0.1) is 11.1 Å². The van der Waals surface area contributed by atoms with Crippen LogP contribution in [0.15, 0.2) is 36.4 Å². The first-order chi connectivity index (χ1) is 15.7. The summed E-state index contributed by atoms with van der Waals surface area (Å²) in [6.07, 6.45) is -9.15. The van der Waals surface area contributed by atoms with Gasteiger partial charge in [-0.1, -0.05) is 39.0 Å². The maximum atomic E-state index is 12.3. The molecular weight excluding hydrogens is 462 g/mol. The van der Waals surface area contributed by atoms with E-state index in [0.29, 0.717) is 24.5 Å². The van der Waals surface area contributed by atoms with Crippen LogP contribution in [0.4, 0.5) is 37.7 Å². The van der Waals surface area contributed by atoms with Gasteiger partial charge in [-0.15, -0.1) is 0 Å². The van der Waals surface area contributed by atoms with E-state index in [4.69, 9.17) is 0 Å². The topological polar surface area (TPSA) is 49.4 Å². The molecule has 0 aliphatic carbocycles. The van der Waals surface area contributed by atoms with Crippen molar-refractivity contribution in [3.05, 3.63) is 58.7 Å². The summed E-state index contributed by atoms with van der Waals surface area (Å²) in [5.41, 5.74) is -0.0164. The molecule has 1 aliphatic rings. The molecule has 1 N–H and O–H groups in total. The predicted octanol–water partition coefficient (Wildman–Crippen LogP) is 6.99. The number of benzene rings is 2. The Morgan fingerprint density at radius 1 is 0.941 bits per heavy atom. The number of hydrogen-bond donors (Lipinski definition) is 1. The third-order valence-corrected chi connectivity index (χ3v) is 4.84. The summed E-state index contributed by atoms with van der Waals surface area (Å²) in [5, 5.41) is 1.75. The van der Waals surface area contributed by atoms with Crippen LogP contribution in [0.5, 0.6) is 0 Å². The number of nitrogens with zero attached hydrogens (tertiary/aromatic N) is 1. The second kappa shape index (κ2) is 11.9. The van der Waals surface area contributed by atoms with E-state index < -0.39 is 29.2 Å². The number of alkyl halides is 6. The van der Waals surface area contributed by atoms with Gasteiger partial charge in [-0.2, -0.15) is 26.3 Å². The van der Waals surface area contributed by atoms with Gasteiger partial charge >= 0.3 is 12.4 Å². The Morgan fingerprint density at radius 2 is 1.41 bits per heavy atom. The van der Waals surface area contributed by atoms with Crippen molar-refractivity contribution in [1.82, 2.24) is 0 Å². The molecule has 0 spiro atoms. The minimum Gasteiger partial charge on any atom is -0.329 e. The van der Waals surface area contributed by atoms with Crippen molar-refractivity contribution in [1.29, 1.82) is 0 Å². The Kier molecular flexibility index (Phi) is 10.1. The zero-order valence-corrected chi connectivity index (χ0v) is 19.6. The van der Waals surface area contributed by atoms with E-state index in [1.165, 1.54) is 11.1 Å². The van der Waals surface area contributed by atoms with E-state index in [0.717, 1.165) is 12.2 Å². The second-order valence-corrected chi connectivity index (χ2v) is 7.61. The Morgan fingerprint density at radius 3 is 1.76 bits per heavy atom. The lowest BCUT2D eigenvalue weighted by Crippen LogP contribution is -2.25. The highest BCUT2D eigenvalue weighted by Gasteiger charge is 2.37. The third-order valence-electron chi connectivity index (χ3n) is 4.84. The molecule has 188 valence electrons. The van der Waals surface area contributed by atoms with E-state index >= 15 is 0 Å². The SMILES string of the molecule is CC.Cc1cccc(C)c1N1CC(C)CC1=O.O=CNc1cc(C(F)(F)F)cc(C(F)(F)F)c1. The normalized spacial score (nSPS) is 15.7. The molecule has 34 heavy (non-hydrogen) atoms. The summed E-state index contributed by atoms with van der Waals surface area (Å²) >= 11 is 0. The van der Waals surface area contributed by atoms with Gasteiger partial charge in [0.15, 0.2) is 0 Å². The van der Waals surface area contributed by atoms with Crippen molar-refractivity contribution >= 4 is 23.7 Å². The van der Waals surface area contributed by atoms with E-state index in [1.54, 1.807) is 5.32 Å². The van der Waals surface area contributed by atoms with Gasteiger partial charge in [0.25, 0.3) is 0 Å². The van der Waals surface area contributed by atoms with Crippen LogP contribution in [-0.2, 0) is 21.9 Å². The average Bonchev–Trinajstić information content (AvgIpc) is 3.06. The zero-order chi connectivity index (χ0) is 26.3. The lowest BCUT2D eigenvalue weighted by atomic mass is 10.1. The number of hydrogen-bond acceptors (Lipinski definition) is 2. The number of halogens is 6. The molecule has 1 unspecified atom stereocenters. The first kappa shape index (κ1) is 29.0. The van der Waals surface area contributed by atoms with Gasteiger partial charge in [-0.25, -0.2) is 0 Å². The molecule has 1 heterocycles. The average molecular weight is 490 g/mol. The van der Waals surface area contributed by atoms with Crippen LogP contribution in [0.25, 0.3) is 0 Å². The number of nitrogens with one attached hydrogen (secondary N) is 1. The van der Waals surface area contributed by atoms with Crippen LogP contribution in [0.2, 0.25) is 0 Å². The lowest BCUT2D eigenvalue weighted by Gasteiger charge is -2.21. The van der Waals surface area contributed by atoms with Gasteiger partial charge in [0.1, 0.15) is 0 Å². The second-order valence-electron chi connectivity index (χ2n) is 7.61. The fourth-order valence-electron chi connectivity index (χ4n) is 3.44. The molecule has 0 saturated carbocycles. The Hall–Kier alpha value is -3.04. The van der Waals surface area contributed by atoms with Crippen molar-refractivity contribution in [2.24, 2.45) is 5.92 Å². The molecule has 1 aliphatic heterocycles. The number of carbonyl (C=O) groups is 2. The van der Waals surface area contributed by atoms with Gasteiger partial charge in [0, 0.05) is 24.3 Å². The quantitative estimate of drug-likeness (QED) is 0.372. The lowest BCUT2D eigenvalue weighted by molar-refractivity contribution is -0.143. The monoisotopic (exact) mass is 490 g/mol. The summed E-state index contributed by atoms with van der Waals surface area (Å²) in [5.74, 6) is 0.747. The summed E-state index contributed by atoms with van der Waals surface area (Å²) in [7, 11) is 0. The van der Waals surface area contributed by atoms with Gasteiger partial charge in [-0.3, -0.25) is 9.59 Å². The maximum absolute atomic E-state index is 12.3. The van der Waals surface area contributed by atoms with Gasteiger partial charge in [0.2, 0.25) is 12.3 Å². The number of aryl methyl sites for hydroxylation is 2. The molecule has 2 amide bonds. The number of anilines is 2. The van der Waals surface area contributed by atoms with E-state index in [2.05, 4.69) is 32.9 Å². The van der Waals surface area contributed by atoms with E-state index in [-0.39, 0.29) is 18.4 Å². The summed E-state index contributed by atoms with van der Waals surface area (Å²) in [6, 6.07) is 7.00. The van der Waals surface area contributed by atoms with E-state index in [1.807, 2.05) is 24.8 Å². The largest absolute Gasteiger partial charge is 0.416 e. The Balaban J connectivity index is 0.000000318. The van der Waals surface area contributed by atoms with Crippen molar-refractivity contribution in [2.75, 3.05) is 16.8 Å². The fourth-order valence-corrected chi connectivity index (χ4v) is 3.44. The maximum Gasteiger partial charge on any atom is 0.416 e. The molecular formula is C24H28F6N2O2. The van der Waals surface area contributed by atoms with E-state index in [9.17, 15) is 35.9 Å². The van der Waals surface area contributed by atoms with Crippen LogP contribution in [-0.4, -0.2) is 18.9 Å². The zero-order valence-electron chi connectivity index (χ0n) is 19.6. The van der Waals surface area contributed by atoms with Crippen molar-refractivity contribution in [2.45, 2.75) is 53.4 Å². The number of rotatable bonds is 3. The first-order valence-corrected chi connectivity index (χ1v) is 10.6. The van der Waals surface area contributed by atoms with Crippen LogP contribution < -0.4 is 10.2 Å². The van der Waals surface area contributed by atoms with Crippen LogP contribution >= 0.6 is 0 Å². The Labute approximate surface area is 194 Å². The molecule has 4 nitrogen and oxygen atoms in total. The molecule has 1 atom stereocenters. The predicted molar refractivity (Wildman–Crippen MR) is 120 cm³/mol. The summed E-state index contributed by atoms with van der Waals surface area (Å²) in [4.78, 5) is 23.8. The highest BCUT2D eigenvalue weighted by atomic mass is 19.4. The van der Waals surface area contributed by atoms with Gasteiger partial charge in [-0.05, 0) is 49.1 Å². The minimum atomic E-state index is -4.92. The minimum absolute atomic E-state index is 0.00432. The summed E-state index contributed by atoms with van der Waals surface area (Å²) in [6.45, 7) is 11.1. The molecule has 3 rings (SSSR count). The number of amides is 2. The molecule has 2 aromatic rings. The van der Waals surface area contributed by atoms with Crippen LogP contribution in [0.1, 0.15) is 49.4 Å². The van der Waals surface area contributed by atoms with Gasteiger partial charge < -0.3 is 10.2 Å². The smallest absolute Gasteiger partial charge is 0.329 e. The third kappa shape index (κ3) is 7.78. The highest BCUT2D eigenvalue weighted by molar-refractivity contribution is 5.97. The van der Waals surface area contributed by atoms with Crippen LogP contribution in [0.3, 0.4) is 0 Å². The molecule has 0 aromatic heterocycles. The summed E-state index contributed by atoms with van der Waals surface area (Å²) < 4.78 is 73.8. The van der Waals surface area contributed by atoms with Crippen molar-refractivity contribution in [3.63, 3.8) is 0 Å². The van der Waals surface area contributed by atoms with Crippen LogP contribution in [0, 0.1) is 19.8 Å². The number of carbonyl (C=O) groups excluding carboxylic acids is 2. The number of para-hydroxylation sites is 1. The Bertz CT molecular complexity index is 934. The first-order valence-electron chi connectivity index (χ1n) is 10.6. The molecule has 10 heteroatoms. The molecule has 1 saturated heterocycles. The molecule has 2 aromatic carbocycles. The fraction of sp³-hybridized carbons (Fsp3) is 0.417. The standard InChI is InChI=1S/C13H17NO.C9H5F6NO.C2H6/c1-9-7-12(15)14(8-9)13-10(2)5-4-6-11(13)3;10-8(11,12)5-1-6(9(13,14)15)3-7(2-5)16-4-17;1-2/h4-6,9H,7-8H2,1-3H3;1-4H,(H,16,17);1-2H3. The molecule has 0 radical (unpaired) electrons. The molecule has 0 bridgehead atoms. The molecule has 1 fully saturated rings. The van der Waals surface area contributed by atoms with Crippen molar-refractivity contribution in [3.8, 4) is 0 Å². The highest BCUT2D eigenvalue weighted by Crippen LogP contribution is 2.37.